The molecule has 0 aliphatic rings. The van der Waals surface area contributed by atoms with Crippen LogP contribution in [0.5, 0.6) is 11.5 Å². The highest BCUT2D eigenvalue weighted by Crippen LogP contribution is 2.36. The van der Waals surface area contributed by atoms with Crippen LogP contribution >= 0.6 is 0 Å². The number of nitrogens with one attached hydrogen (secondary N) is 2. The van der Waals surface area contributed by atoms with Crippen molar-refractivity contribution in [1.29, 1.82) is 5.41 Å². The number of aromatic nitrogens is 4. The van der Waals surface area contributed by atoms with E-state index >= 15 is 4.39 Å². The number of benzene rings is 2. The first-order chi connectivity index (χ1) is 18.7. The van der Waals surface area contributed by atoms with Gasteiger partial charge in [0.25, 0.3) is 0 Å². The Labute approximate surface area is 225 Å². The summed E-state index contributed by atoms with van der Waals surface area (Å²) in [5.74, 6) is -0.300. The number of amidine groups is 1. The van der Waals surface area contributed by atoms with E-state index in [1.165, 1.54) is 13.2 Å². The standard InChI is InChI=1S/C28H32FN7O3/c1-17(35(2)3)16-39-23-15-20(38-4)14-21(25(23)29)22(13-18-8-10-19(11-9-18)26(30)31)27-33-28(37)36(34-27)24-7-5-6-12-32-24/h5-12,14-15,17,22H,13,16H2,1-4H3,(H3,30,31)(H,33,34,37). The first kappa shape index (κ1) is 27.5. The lowest BCUT2D eigenvalue weighted by atomic mass is 9.90. The van der Waals surface area contributed by atoms with Gasteiger partial charge in [0, 0.05) is 29.4 Å². The lowest BCUT2D eigenvalue weighted by Crippen LogP contribution is -2.30. The van der Waals surface area contributed by atoms with Gasteiger partial charge < -0.3 is 20.1 Å². The molecule has 4 rings (SSSR count). The molecule has 0 amide bonds. The molecule has 0 saturated carbocycles. The molecule has 0 saturated heterocycles. The van der Waals surface area contributed by atoms with Gasteiger partial charge in [0.1, 0.15) is 24.0 Å². The zero-order valence-electron chi connectivity index (χ0n) is 22.3. The fourth-order valence-electron chi connectivity index (χ4n) is 3.97. The van der Waals surface area contributed by atoms with E-state index in [1.807, 2.05) is 38.1 Å². The molecule has 2 aromatic carbocycles. The maximum Gasteiger partial charge on any atom is 0.349 e. The number of nitrogens with two attached hydrogens (primary N) is 1. The zero-order chi connectivity index (χ0) is 28.1. The summed E-state index contributed by atoms with van der Waals surface area (Å²) in [7, 11) is 5.34. The summed E-state index contributed by atoms with van der Waals surface area (Å²) in [6, 6.07) is 15.4. The van der Waals surface area contributed by atoms with Gasteiger partial charge in [-0.05, 0) is 51.2 Å². The molecule has 10 nitrogen and oxygen atoms in total. The summed E-state index contributed by atoms with van der Waals surface area (Å²) in [6.45, 7) is 2.24. The van der Waals surface area contributed by atoms with Gasteiger partial charge in [-0.1, -0.05) is 30.3 Å². The van der Waals surface area contributed by atoms with Crippen LogP contribution in [0.1, 0.15) is 35.4 Å². The first-order valence-corrected chi connectivity index (χ1v) is 12.4. The van der Waals surface area contributed by atoms with Crippen LogP contribution in [0.3, 0.4) is 0 Å². The highest BCUT2D eigenvalue weighted by Gasteiger charge is 2.27. The Balaban J connectivity index is 1.81. The average molecular weight is 534 g/mol. The second-order valence-electron chi connectivity index (χ2n) is 9.43. The van der Waals surface area contributed by atoms with Gasteiger partial charge in [-0.25, -0.2) is 14.2 Å². The molecule has 0 aliphatic heterocycles. The van der Waals surface area contributed by atoms with E-state index in [4.69, 9.17) is 20.6 Å². The third-order valence-corrected chi connectivity index (χ3v) is 6.55. The van der Waals surface area contributed by atoms with Crippen LogP contribution in [0.25, 0.3) is 5.82 Å². The van der Waals surface area contributed by atoms with Crippen molar-refractivity contribution in [1.82, 2.24) is 24.6 Å². The second kappa shape index (κ2) is 11.9. The van der Waals surface area contributed by atoms with Crippen molar-refractivity contribution in [3.63, 3.8) is 0 Å². The average Bonchev–Trinajstić information content (AvgIpc) is 3.32. The minimum atomic E-state index is -0.713. The number of likely N-dealkylation sites (N-methyl/N-ethyl adjacent to an activating group) is 1. The van der Waals surface area contributed by atoms with Crippen LogP contribution in [0.15, 0.2) is 65.6 Å². The summed E-state index contributed by atoms with van der Waals surface area (Å²) in [5, 5.41) is 12.2. The number of hydrogen-bond donors (Lipinski definition) is 3. The Morgan fingerprint density at radius 1 is 1.21 bits per heavy atom. The lowest BCUT2D eigenvalue weighted by Gasteiger charge is -2.22. The van der Waals surface area contributed by atoms with E-state index in [0.717, 1.165) is 10.2 Å². The van der Waals surface area contributed by atoms with E-state index in [1.54, 1.807) is 42.6 Å². The topological polar surface area (TPSA) is 135 Å². The van der Waals surface area contributed by atoms with Gasteiger partial charge in [0.15, 0.2) is 17.4 Å². The minimum absolute atomic E-state index is 0.0417. The number of H-pyrrole nitrogens is 1. The monoisotopic (exact) mass is 533 g/mol. The maximum absolute atomic E-state index is 16.1. The highest BCUT2D eigenvalue weighted by atomic mass is 19.1. The Bertz CT molecular complexity index is 1480. The van der Waals surface area contributed by atoms with Gasteiger partial charge in [-0.3, -0.25) is 10.4 Å². The number of pyridine rings is 1. The summed E-state index contributed by atoms with van der Waals surface area (Å²) in [6.07, 6.45) is 1.84. The molecule has 2 atom stereocenters. The number of rotatable bonds is 11. The summed E-state index contributed by atoms with van der Waals surface area (Å²) in [4.78, 5) is 21.9. The molecular weight excluding hydrogens is 501 g/mol. The number of nitrogen functional groups attached to an aromatic ring is 1. The number of halogens is 1. The van der Waals surface area contributed by atoms with Crippen molar-refractivity contribution in [2.45, 2.75) is 25.3 Å². The SMILES string of the molecule is COc1cc(OCC(C)N(C)C)c(F)c(C(Cc2ccc(C(=N)N)cc2)c2nn(-c3ccccn3)c(=O)[nH]2)c1. The van der Waals surface area contributed by atoms with Crippen molar-refractivity contribution >= 4 is 5.84 Å². The molecule has 0 radical (unpaired) electrons. The Morgan fingerprint density at radius 2 is 1.95 bits per heavy atom. The number of hydrogen-bond acceptors (Lipinski definition) is 7. The van der Waals surface area contributed by atoms with E-state index < -0.39 is 17.4 Å². The first-order valence-electron chi connectivity index (χ1n) is 12.4. The summed E-state index contributed by atoms with van der Waals surface area (Å²) >= 11 is 0. The molecule has 2 heterocycles. The van der Waals surface area contributed by atoms with Crippen molar-refractivity contribution in [3.05, 3.63) is 99.6 Å². The smallest absolute Gasteiger partial charge is 0.349 e. The number of methoxy groups -OCH3 is 1. The Hall–Kier alpha value is -4.51. The van der Waals surface area contributed by atoms with Gasteiger partial charge in [-0.15, -0.1) is 5.10 Å². The van der Waals surface area contributed by atoms with Gasteiger partial charge in [-0.2, -0.15) is 4.68 Å². The molecule has 4 aromatic rings. The van der Waals surface area contributed by atoms with E-state index in [2.05, 4.69) is 15.1 Å². The summed E-state index contributed by atoms with van der Waals surface area (Å²) < 4.78 is 28.6. The van der Waals surface area contributed by atoms with E-state index in [0.29, 0.717) is 17.1 Å². The zero-order valence-corrected chi connectivity index (χ0v) is 22.3. The van der Waals surface area contributed by atoms with Crippen LogP contribution in [0.2, 0.25) is 0 Å². The van der Waals surface area contributed by atoms with Crippen LogP contribution in [-0.2, 0) is 6.42 Å². The molecule has 11 heteroatoms. The fraction of sp³-hybridized carbons (Fsp3) is 0.286. The third-order valence-electron chi connectivity index (χ3n) is 6.55. The molecule has 2 aromatic heterocycles. The number of ether oxygens (including phenoxy) is 2. The molecule has 2 unspecified atom stereocenters. The number of aromatic amines is 1. The van der Waals surface area contributed by atoms with Crippen LogP contribution in [0.4, 0.5) is 4.39 Å². The molecular formula is C28H32FN7O3. The highest BCUT2D eigenvalue weighted by molar-refractivity contribution is 5.94. The molecule has 204 valence electrons. The Morgan fingerprint density at radius 3 is 2.56 bits per heavy atom. The van der Waals surface area contributed by atoms with E-state index in [-0.39, 0.29) is 42.0 Å². The van der Waals surface area contributed by atoms with Gasteiger partial charge >= 0.3 is 5.69 Å². The molecule has 0 fully saturated rings. The molecule has 0 spiro atoms. The summed E-state index contributed by atoms with van der Waals surface area (Å²) in [5.41, 5.74) is 6.75. The maximum atomic E-state index is 16.1. The predicted molar refractivity (Wildman–Crippen MR) is 147 cm³/mol. The van der Waals surface area contributed by atoms with Crippen molar-refractivity contribution in [3.8, 4) is 17.3 Å². The Kier molecular flexibility index (Phi) is 8.40. The van der Waals surface area contributed by atoms with Crippen LogP contribution < -0.4 is 20.9 Å². The fourth-order valence-corrected chi connectivity index (χ4v) is 3.97. The minimum Gasteiger partial charge on any atom is -0.497 e. The molecule has 0 aliphatic carbocycles. The van der Waals surface area contributed by atoms with Gasteiger partial charge in [0.2, 0.25) is 0 Å². The van der Waals surface area contributed by atoms with Crippen molar-refractivity contribution in [2.24, 2.45) is 5.73 Å². The molecule has 0 bridgehead atoms. The van der Waals surface area contributed by atoms with Crippen LogP contribution in [0, 0.1) is 11.2 Å². The third kappa shape index (κ3) is 6.32. The quantitative estimate of drug-likeness (QED) is 0.199. The van der Waals surface area contributed by atoms with Crippen LogP contribution in [-0.4, -0.2) is 64.3 Å². The molecule has 4 N–H and O–H groups in total. The largest absolute Gasteiger partial charge is 0.497 e. The van der Waals surface area contributed by atoms with Crippen molar-refractivity contribution in [2.75, 3.05) is 27.8 Å². The van der Waals surface area contributed by atoms with Crippen molar-refractivity contribution < 1.29 is 13.9 Å². The number of nitrogens with zero attached hydrogens (tertiary/aromatic N) is 4. The molecule has 39 heavy (non-hydrogen) atoms. The second-order valence-corrected chi connectivity index (χ2v) is 9.43. The van der Waals surface area contributed by atoms with Gasteiger partial charge in [0.05, 0.1) is 13.0 Å². The normalized spacial score (nSPS) is 12.8. The predicted octanol–water partition coefficient (Wildman–Crippen LogP) is 3.09. The lowest BCUT2D eigenvalue weighted by molar-refractivity contribution is 0.192. The van der Waals surface area contributed by atoms with E-state index in [9.17, 15) is 4.79 Å².